The zero-order chi connectivity index (χ0) is 23.2. The van der Waals surface area contributed by atoms with Crippen LogP contribution in [0.3, 0.4) is 0 Å². The quantitative estimate of drug-likeness (QED) is 0.454. The van der Waals surface area contributed by atoms with E-state index in [0.29, 0.717) is 12.4 Å². The van der Waals surface area contributed by atoms with Crippen molar-refractivity contribution in [2.45, 2.75) is 6.42 Å². The molecule has 2 amide bonds. The van der Waals surface area contributed by atoms with Gasteiger partial charge in [-0.3, -0.25) is 19.4 Å². The third kappa shape index (κ3) is 5.63. The first kappa shape index (κ1) is 23.1. The fourth-order valence-corrected chi connectivity index (χ4v) is 4.30. The smallest absolute Gasteiger partial charge is 0.243 e. The van der Waals surface area contributed by atoms with E-state index >= 15 is 0 Å². The van der Waals surface area contributed by atoms with Crippen molar-refractivity contribution in [1.29, 1.82) is 0 Å². The molecular formula is C23H28N6O3S. The molecule has 0 bridgehead atoms. The highest BCUT2D eigenvalue weighted by atomic mass is 32.1. The average molecular weight is 469 g/mol. The Bertz CT molecular complexity index is 982. The van der Waals surface area contributed by atoms with Crippen LogP contribution in [0, 0.1) is 5.92 Å². The molecule has 9 nitrogen and oxygen atoms in total. The summed E-state index contributed by atoms with van der Waals surface area (Å²) in [4.78, 5) is 39.3. The van der Waals surface area contributed by atoms with Crippen LogP contribution in [0.15, 0.2) is 46.4 Å². The van der Waals surface area contributed by atoms with E-state index in [2.05, 4.69) is 37.2 Å². The number of amides is 2. The van der Waals surface area contributed by atoms with Crippen LogP contribution >= 0.6 is 12.2 Å². The number of benzene rings is 1. The molecule has 4 rings (SSSR count). The second kappa shape index (κ2) is 10.7. The number of carbonyl (C=O) groups excluding carboxylic acids is 2. The van der Waals surface area contributed by atoms with E-state index < -0.39 is 5.92 Å². The first-order chi connectivity index (χ1) is 16.0. The molecule has 0 aliphatic carbocycles. The maximum atomic E-state index is 12.6. The topological polar surface area (TPSA) is 89.8 Å². The summed E-state index contributed by atoms with van der Waals surface area (Å²) in [7, 11) is 1.67. The average Bonchev–Trinajstić information content (AvgIpc) is 2.85. The van der Waals surface area contributed by atoms with Crippen molar-refractivity contribution >= 4 is 46.9 Å². The van der Waals surface area contributed by atoms with Gasteiger partial charge in [0.05, 0.1) is 7.11 Å². The van der Waals surface area contributed by atoms with E-state index in [1.54, 1.807) is 25.5 Å². The number of anilines is 1. The maximum Gasteiger partial charge on any atom is 0.243 e. The lowest BCUT2D eigenvalue weighted by Crippen LogP contribution is -2.50. The normalized spacial score (nSPS) is 20.5. The van der Waals surface area contributed by atoms with Gasteiger partial charge in [0.2, 0.25) is 16.9 Å². The van der Waals surface area contributed by atoms with Crippen molar-refractivity contribution in [3.63, 3.8) is 0 Å². The Labute approximate surface area is 198 Å². The van der Waals surface area contributed by atoms with E-state index in [1.165, 1.54) is 10.6 Å². The van der Waals surface area contributed by atoms with Crippen LogP contribution in [-0.4, -0.2) is 91.7 Å². The molecule has 1 aromatic carbocycles. The molecule has 3 aliphatic rings. The Morgan fingerprint density at radius 2 is 1.97 bits per heavy atom. The highest BCUT2D eigenvalue weighted by Crippen LogP contribution is 2.21. The monoisotopic (exact) mass is 468 g/mol. The first-order valence-electron chi connectivity index (χ1n) is 11.1. The molecular weight excluding hydrogens is 440 g/mol. The van der Waals surface area contributed by atoms with Gasteiger partial charge in [0, 0.05) is 44.6 Å². The van der Waals surface area contributed by atoms with Crippen molar-refractivity contribution in [1.82, 2.24) is 15.1 Å². The van der Waals surface area contributed by atoms with Gasteiger partial charge in [0.1, 0.15) is 24.0 Å². The first-order valence-corrected chi connectivity index (χ1v) is 11.5. The number of methoxy groups -OCH3 is 1. The summed E-state index contributed by atoms with van der Waals surface area (Å²) in [6.45, 7) is 5.24. The number of allylic oxidation sites excluding steroid dienone is 1. The minimum atomic E-state index is -0.564. The van der Waals surface area contributed by atoms with Gasteiger partial charge in [-0.1, -0.05) is 6.08 Å². The molecule has 3 heterocycles. The predicted molar refractivity (Wildman–Crippen MR) is 132 cm³/mol. The van der Waals surface area contributed by atoms with Crippen molar-refractivity contribution in [2.75, 3.05) is 57.8 Å². The van der Waals surface area contributed by atoms with Crippen molar-refractivity contribution < 1.29 is 14.3 Å². The van der Waals surface area contributed by atoms with Crippen molar-refractivity contribution in [3.05, 3.63) is 36.4 Å². The number of fused-ring (bicyclic) bond motifs is 1. The van der Waals surface area contributed by atoms with Crippen LogP contribution in [0.5, 0.6) is 5.75 Å². The zero-order valence-corrected chi connectivity index (χ0v) is 19.5. The molecule has 1 atom stereocenters. The second-order valence-electron chi connectivity index (χ2n) is 8.05. The van der Waals surface area contributed by atoms with Crippen LogP contribution in [-0.2, 0) is 9.59 Å². The Morgan fingerprint density at radius 3 is 2.70 bits per heavy atom. The fourth-order valence-electron chi connectivity index (χ4n) is 4.06. The van der Waals surface area contributed by atoms with Crippen LogP contribution in [0.25, 0.3) is 0 Å². The van der Waals surface area contributed by atoms with E-state index in [9.17, 15) is 9.59 Å². The molecule has 1 saturated heterocycles. The SMILES string of the molecule is COc1ccc(N2CCN(CCCNC(=O)CN3C(=O)C4C=CC=NC4=NC3=S)CC2)cc1. The largest absolute Gasteiger partial charge is 0.497 e. The molecule has 33 heavy (non-hydrogen) atoms. The Hall–Kier alpha value is -3.11. The molecule has 0 spiro atoms. The third-order valence-electron chi connectivity index (χ3n) is 5.93. The summed E-state index contributed by atoms with van der Waals surface area (Å²) >= 11 is 5.19. The van der Waals surface area contributed by atoms with E-state index in [4.69, 9.17) is 17.0 Å². The summed E-state index contributed by atoms with van der Waals surface area (Å²) < 4.78 is 5.22. The number of carbonyl (C=O) groups is 2. The van der Waals surface area contributed by atoms with Gasteiger partial charge in [-0.15, -0.1) is 0 Å². The number of dihydropyridines is 1. The molecule has 1 N–H and O–H groups in total. The second-order valence-corrected chi connectivity index (χ2v) is 8.41. The minimum absolute atomic E-state index is 0.0866. The van der Waals surface area contributed by atoms with Gasteiger partial charge in [-0.05, 0) is 55.5 Å². The zero-order valence-electron chi connectivity index (χ0n) is 18.6. The lowest BCUT2D eigenvalue weighted by molar-refractivity contribution is -0.133. The molecule has 0 saturated carbocycles. The van der Waals surface area contributed by atoms with E-state index in [-0.39, 0.29) is 23.5 Å². The highest BCUT2D eigenvalue weighted by molar-refractivity contribution is 7.80. The molecule has 10 heteroatoms. The number of rotatable bonds is 8. The number of thiocarbonyl (C=S) groups is 1. The van der Waals surface area contributed by atoms with Gasteiger partial charge in [0.15, 0.2) is 0 Å². The fraction of sp³-hybridized carbons (Fsp3) is 0.435. The number of hydrogen-bond acceptors (Lipinski definition) is 7. The van der Waals surface area contributed by atoms with Crippen LogP contribution < -0.4 is 15.0 Å². The van der Waals surface area contributed by atoms with Crippen LogP contribution in [0.2, 0.25) is 0 Å². The van der Waals surface area contributed by atoms with Crippen molar-refractivity contribution in [3.8, 4) is 5.75 Å². The highest BCUT2D eigenvalue weighted by Gasteiger charge is 2.35. The molecule has 1 unspecified atom stereocenters. The van der Waals surface area contributed by atoms with Gasteiger partial charge in [-0.2, -0.15) is 0 Å². The lowest BCUT2D eigenvalue weighted by atomic mass is 10.0. The Kier molecular flexibility index (Phi) is 7.46. The number of hydrogen-bond donors (Lipinski definition) is 1. The van der Waals surface area contributed by atoms with Crippen molar-refractivity contribution in [2.24, 2.45) is 15.9 Å². The molecule has 3 aliphatic heterocycles. The number of piperazine rings is 1. The van der Waals surface area contributed by atoms with Gasteiger partial charge in [0.25, 0.3) is 0 Å². The standard InChI is InChI=1S/C23H28N6O3S/c1-32-18-7-5-17(6-8-18)28-14-12-27(13-15-28)11-3-10-24-20(30)16-29-22(31)19-4-2-9-25-21(19)26-23(29)33/h2,4-9,19H,3,10-16H2,1H3,(H,24,30). The molecule has 0 radical (unpaired) electrons. The van der Waals surface area contributed by atoms with Crippen LogP contribution in [0.4, 0.5) is 5.69 Å². The summed E-state index contributed by atoms with van der Waals surface area (Å²) in [5, 5.41) is 2.98. The number of nitrogens with one attached hydrogen (secondary N) is 1. The van der Waals surface area contributed by atoms with Crippen LogP contribution in [0.1, 0.15) is 6.42 Å². The maximum absolute atomic E-state index is 12.6. The molecule has 0 aromatic heterocycles. The number of ether oxygens (including phenoxy) is 1. The number of aliphatic imine (C=N–C) groups is 2. The predicted octanol–water partition coefficient (Wildman–Crippen LogP) is 1.11. The molecule has 1 aromatic rings. The van der Waals surface area contributed by atoms with Gasteiger partial charge < -0.3 is 15.0 Å². The minimum Gasteiger partial charge on any atom is -0.497 e. The Morgan fingerprint density at radius 1 is 1.21 bits per heavy atom. The van der Waals surface area contributed by atoms with Gasteiger partial charge >= 0.3 is 0 Å². The summed E-state index contributed by atoms with van der Waals surface area (Å²) in [5.41, 5.74) is 1.21. The summed E-state index contributed by atoms with van der Waals surface area (Å²) in [5.74, 6) is 0.186. The van der Waals surface area contributed by atoms with E-state index in [0.717, 1.165) is 44.9 Å². The third-order valence-corrected chi connectivity index (χ3v) is 6.24. The summed E-state index contributed by atoms with van der Waals surface area (Å²) in [6.07, 6.45) is 5.84. The number of nitrogens with zero attached hydrogens (tertiary/aromatic N) is 5. The lowest BCUT2D eigenvalue weighted by Gasteiger charge is -2.36. The summed E-state index contributed by atoms with van der Waals surface area (Å²) in [6, 6.07) is 8.15. The molecule has 174 valence electrons. The number of amidine groups is 1. The van der Waals surface area contributed by atoms with Gasteiger partial charge in [-0.25, -0.2) is 9.98 Å². The van der Waals surface area contributed by atoms with E-state index in [1.807, 2.05) is 12.1 Å². The Balaban J connectivity index is 1.15. The molecule has 1 fully saturated rings.